The fourth-order valence-corrected chi connectivity index (χ4v) is 4.14. The van der Waals surface area contributed by atoms with Gasteiger partial charge in [-0.25, -0.2) is 0 Å². The van der Waals surface area contributed by atoms with E-state index in [9.17, 15) is 0 Å². The number of rotatable bonds is 4. The Kier molecular flexibility index (Phi) is 4.87. The summed E-state index contributed by atoms with van der Waals surface area (Å²) in [5, 5.41) is 8.27. The van der Waals surface area contributed by atoms with Gasteiger partial charge >= 0.3 is 0 Å². The zero-order valence-corrected chi connectivity index (χ0v) is 17.3. The molecule has 0 amide bonds. The van der Waals surface area contributed by atoms with E-state index in [1.165, 1.54) is 22.5 Å². The minimum atomic E-state index is 0.508. The second kappa shape index (κ2) is 7.34. The average molecular weight is 380 g/mol. The first-order valence-electron chi connectivity index (χ1n) is 9.86. The molecule has 0 N–H and O–H groups in total. The van der Waals surface area contributed by atoms with Gasteiger partial charge in [-0.3, -0.25) is 0 Å². The summed E-state index contributed by atoms with van der Waals surface area (Å²) in [4.78, 5) is 4.92. The average Bonchev–Trinajstić information content (AvgIpc) is 3.11. The highest BCUT2D eigenvalue weighted by Crippen LogP contribution is 2.36. The summed E-state index contributed by atoms with van der Waals surface area (Å²) in [6, 6.07) is 8.66. The molecule has 0 bridgehead atoms. The Balaban J connectivity index is 1.70. The van der Waals surface area contributed by atoms with Gasteiger partial charge in [0.25, 0.3) is 0 Å². The van der Waals surface area contributed by atoms with Gasteiger partial charge in [0.1, 0.15) is 11.5 Å². The largest absolute Gasteiger partial charge is 0.365 e. The zero-order chi connectivity index (χ0) is 19.8. The Labute approximate surface area is 166 Å². The molecular weight excluding hydrogens is 352 g/mol. The first-order valence-corrected chi connectivity index (χ1v) is 9.86. The first-order chi connectivity index (χ1) is 13.4. The summed E-state index contributed by atoms with van der Waals surface area (Å²) in [5.74, 6) is 2.31. The summed E-state index contributed by atoms with van der Waals surface area (Å²) in [6.45, 7) is 13.9. The Hall–Kier alpha value is -2.76. The second-order valence-corrected chi connectivity index (χ2v) is 7.96. The minimum Gasteiger partial charge on any atom is -0.365 e. The van der Waals surface area contributed by atoms with Crippen molar-refractivity contribution in [2.24, 2.45) is 5.92 Å². The summed E-state index contributed by atoms with van der Waals surface area (Å²) in [5.41, 5.74) is 6.80. The highest BCUT2D eigenvalue weighted by molar-refractivity contribution is 5.72. The number of hydrogen-bond donors (Lipinski definition) is 0. The van der Waals surface area contributed by atoms with Crippen LogP contribution in [0.1, 0.15) is 41.0 Å². The quantitative estimate of drug-likeness (QED) is 0.661. The SMILES string of the molecule is Cc1noc(C)c1CN1CC(C)CN(Cc2c(C)noc2C)c2ccccc21. The van der Waals surface area contributed by atoms with Gasteiger partial charge in [-0.05, 0) is 45.7 Å². The van der Waals surface area contributed by atoms with Gasteiger partial charge in [0.15, 0.2) is 0 Å². The van der Waals surface area contributed by atoms with E-state index in [4.69, 9.17) is 9.05 Å². The molecule has 6 nitrogen and oxygen atoms in total. The number of fused-ring (bicyclic) bond motifs is 1. The molecule has 0 saturated heterocycles. The van der Waals surface area contributed by atoms with Crippen molar-refractivity contribution >= 4 is 11.4 Å². The molecule has 2 aromatic heterocycles. The molecule has 0 saturated carbocycles. The number of aromatic nitrogens is 2. The van der Waals surface area contributed by atoms with Crippen LogP contribution in [-0.4, -0.2) is 23.4 Å². The van der Waals surface area contributed by atoms with Crippen LogP contribution >= 0.6 is 0 Å². The maximum absolute atomic E-state index is 5.40. The molecule has 28 heavy (non-hydrogen) atoms. The third kappa shape index (κ3) is 3.39. The van der Waals surface area contributed by atoms with Crippen LogP contribution in [0.3, 0.4) is 0 Å². The van der Waals surface area contributed by atoms with E-state index in [1.807, 2.05) is 27.7 Å². The molecule has 3 heterocycles. The number of aryl methyl sites for hydroxylation is 4. The highest BCUT2D eigenvalue weighted by atomic mass is 16.5. The van der Waals surface area contributed by atoms with Crippen molar-refractivity contribution in [3.63, 3.8) is 0 Å². The molecular formula is C22H28N4O2. The van der Waals surface area contributed by atoms with Crippen LogP contribution in [0.4, 0.5) is 11.4 Å². The van der Waals surface area contributed by atoms with Gasteiger partial charge in [0, 0.05) is 37.3 Å². The summed E-state index contributed by atoms with van der Waals surface area (Å²) < 4.78 is 10.8. The summed E-state index contributed by atoms with van der Waals surface area (Å²) in [7, 11) is 0. The standard InChI is InChI=1S/C22H28N4O2/c1-14-10-25(12-19-15(2)23-27-17(19)4)21-8-6-7-9-22(21)26(11-14)13-20-16(3)24-28-18(20)5/h6-9,14H,10-13H2,1-5H3. The molecule has 3 aromatic rings. The van der Waals surface area contributed by atoms with Crippen molar-refractivity contribution in [2.45, 2.75) is 47.7 Å². The molecule has 4 rings (SSSR count). The van der Waals surface area contributed by atoms with E-state index in [0.29, 0.717) is 5.92 Å². The Bertz CT molecular complexity index is 859. The zero-order valence-electron chi connectivity index (χ0n) is 17.3. The molecule has 0 spiro atoms. The van der Waals surface area contributed by atoms with Crippen LogP contribution in [-0.2, 0) is 13.1 Å². The van der Waals surface area contributed by atoms with E-state index in [-0.39, 0.29) is 0 Å². The van der Waals surface area contributed by atoms with Crippen LogP contribution in [0.5, 0.6) is 0 Å². The van der Waals surface area contributed by atoms with Crippen LogP contribution in [0.15, 0.2) is 33.3 Å². The fraction of sp³-hybridized carbons (Fsp3) is 0.455. The molecule has 6 heteroatoms. The monoisotopic (exact) mass is 380 g/mol. The molecule has 0 radical (unpaired) electrons. The summed E-state index contributed by atoms with van der Waals surface area (Å²) in [6.07, 6.45) is 0. The van der Waals surface area contributed by atoms with E-state index in [1.54, 1.807) is 0 Å². The smallest absolute Gasteiger partial charge is 0.138 e. The number of nitrogens with zero attached hydrogens (tertiary/aromatic N) is 4. The number of benzene rings is 1. The molecule has 0 fully saturated rings. The predicted octanol–water partition coefficient (Wildman–Crippen LogP) is 4.56. The van der Waals surface area contributed by atoms with Crippen molar-refractivity contribution in [2.75, 3.05) is 22.9 Å². The predicted molar refractivity (Wildman–Crippen MR) is 110 cm³/mol. The normalized spacial score (nSPS) is 15.0. The van der Waals surface area contributed by atoms with Crippen molar-refractivity contribution in [3.8, 4) is 0 Å². The Morgan fingerprint density at radius 2 is 1.25 bits per heavy atom. The van der Waals surface area contributed by atoms with Crippen LogP contribution < -0.4 is 9.80 Å². The van der Waals surface area contributed by atoms with Crippen molar-refractivity contribution in [3.05, 3.63) is 58.3 Å². The second-order valence-electron chi connectivity index (χ2n) is 7.96. The Morgan fingerprint density at radius 3 is 1.61 bits per heavy atom. The van der Waals surface area contributed by atoms with E-state index >= 15 is 0 Å². The maximum Gasteiger partial charge on any atom is 0.138 e. The van der Waals surface area contributed by atoms with Crippen molar-refractivity contribution in [1.82, 2.24) is 10.3 Å². The van der Waals surface area contributed by atoms with Crippen LogP contribution in [0.25, 0.3) is 0 Å². The molecule has 0 aliphatic carbocycles. The maximum atomic E-state index is 5.40. The third-order valence-electron chi connectivity index (χ3n) is 5.69. The molecule has 0 unspecified atom stereocenters. The van der Waals surface area contributed by atoms with E-state index < -0.39 is 0 Å². The third-order valence-corrected chi connectivity index (χ3v) is 5.69. The Morgan fingerprint density at radius 1 is 0.821 bits per heavy atom. The van der Waals surface area contributed by atoms with Gasteiger partial charge in [-0.2, -0.15) is 0 Å². The lowest BCUT2D eigenvalue weighted by Crippen LogP contribution is -2.30. The lowest BCUT2D eigenvalue weighted by Gasteiger charge is -2.27. The lowest BCUT2D eigenvalue weighted by molar-refractivity contribution is 0.392. The molecule has 1 aliphatic rings. The lowest BCUT2D eigenvalue weighted by atomic mass is 10.1. The first kappa shape index (κ1) is 18.6. The van der Waals surface area contributed by atoms with Gasteiger partial charge in [-0.1, -0.05) is 29.4 Å². The number of anilines is 2. The van der Waals surface area contributed by atoms with Gasteiger partial charge in [0.2, 0.25) is 0 Å². The highest BCUT2D eigenvalue weighted by Gasteiger charge is 2.27. The fourth-order valence-electron chi connectivity index (χ4n) is 4.14. The van der Waals surface area contributed by atoms with Crippen LogP contribution in [0.2, 0.25) is 0 Å². The van der Waals surface area contributed by atoms with Crippen LogP contribution in [0, 0.1) is 33.6 Å². The molecule has 1 aliphatic heterocycles. The van der Waals surface area contributed by atoms with Crippen molar-refractivity contribution < 1.29 is 9.05 Å². The number of hydrogen-bond acceptors (Lipinski definition) is 6. The van der Waals surface area contributed by atoms with E-state index in [2.05, 4.69) is 51.3 Å². The van der Waals surface area contributed by atoms with Gasteiger partial charge in [-0.15, -0.1) is 0 Å². The van der Waals surface area contributed by atoms with Gasteiger partial charge < -0.3 is 18.8 Å². The number of para-hydroxylation sites is 2. The topological polar surface area (TPSA) is 58.5 Å². The van der Waals surface area contributed by atoms with Gasteiger partial charge in [0.05, 0.1) is 22.8 Å². The van der Waals surface area contributed by atoms with Crippen molar-refractivity contribution in [1.29, 1.82) is 0 Å². The van der Waals surface area contributed by atoms with E-state index in [0.717, 1.165) is 49.1 Å². The molecule has 0 atom stereocenters. The molecule has 1 aromatic carbocycles. The minimum absolute atomic E-state index is 0.508. The molecule has 148 valence electrons. The summed E-state index contributed by atoms with van der Waals surface area (Å²) >= 11 is 0.